The fourth-order valence-electron chi connectivity index (χ4n) is 4.83. The molecule has 2 aromatic heterocycles. The van der Waals surface area contributed by atoms with E-state index in [1.807, 2.05) is 81.8 Å². The van der Waals surface area contributed by atoms with Gasteiger partial charge >= 0.3 is 0 Å². The average molecular weight is 546 g/mol. The molecule has 2 aromatic carbocycles. The molecule has 0 fully saturated rings. The molecule has 1 atom stereocenters. The fraction of sp³-hybridized carbons (Fsp3) is 0.241. The Labute approximate surface area is 229 Å². The maximum absolute atomic E-state index is 13.9. The molecule has 7 nitrogen and oxygen atoms in total. The number of benzene rings is 2. The van der Waals surface area contributed by atoms with Crippen LogP contribution in [0.3, 0.4) is 0 Å². The minimum Gasteiger partial charge on any atom is -0.322 e. The monoisotopic (exact) mass is 545 g/mol. The van der Waals surface area contributed by atoms with Crippen molar-refractivity contribution >= 4 is 40.6 Å². The summed E-state index contributed by atoms with van der Waals surface area (Å²) < 4.78 is 4.08. The van der Waals surface area contributed by atoms with Crippen LogP contribution in [0.25, 0.3) is 6.08 Å². The number of halogens is 1. The first-order valence-corrected chi connectivity index (χ1v) is 13.6. The Morgan fingerprint density at radius 2 is 1.82 bits per heavy atom. The predicted molar refractivity (Wildman–Crippen MR) is 152 cm³/mol. The van der Waals surface area contributed by atoms with Crippen LogP contribution in [0.15, 0.2) is 69.6 Å². The number of anilines is 1. The van der Waals surface area contributed by atoms with E-state index in [-0.39, 0.29) is 11.5 Å². The summed E-state index contributed by atoms with van der Waals surface area (Å²) in [4.78, 5) is 32.9. The number of aromatic nitrogens is 3. The van der Waals surface area contributed by atoms with Crippen LogP contribution in [0.4, 0.5) is 5.69 Å². The zero-order chi connectivity index (χ0) is 27.1. The molecule has 1 aliphatic rings. The molecule has 0 bridgehead atoms. The highest BCUT2D eigenvalue weighted by molar-refractivity contribution is 7.07. The molecule has 9 heteroatoms. The zero-order valence-electron chi connectivity index (χ0n) is 21.9. The van der Waals surface area contributed by atoms with Crippen molar-refractivity contribution < 1.29 is 4.79 Å². The fourth-order valence-corrected chi connectivity index (χ4v) is 5.99. The smallest absolute Gasteiger partial charge is 0.271 e. The summed E-state index contributed by atoms with van der Waals surface area (Å²) in [5, 5.41) is 8.19. The van der Waals surface area contributed by atoms with Gasteiger partial charge in [0.15, 0.2) is 4.80 Å². The van der Waals surface area contributed by atoms with Crippen molar-refractivity contribution in [2.24, 2.45) is 4.99 Å². The topological polar surface area (TPSA) is 81.3 Å². The van der Waals surface area contributed by atoms with Crippen molar-refractivity contribution in [3.05, 3.63) is 113 Å². The Kier molecular flexibility index (Phi) is 6.94. The first-order chi connectivity index (χ1) is 18.2. The van der Waals surface area contributed by atoms with E-state index < -0.39 is 6.04 Å². The number of para-hydroxylation sites is 1. The van der Waals surface area contributed by atoms with Gasteiger partial charge in [-0.15, -0.1) is 0 Å². The molecule has 0 unspecified atom stereocenters. The molecule has 5 rings (SSSR count). The summed E-state index contributed by atoms with van der Waals surface area (Å²) in [6, 6.07) is 14.2. The average Bonchev–Trinajstić information content (AvgIpc) is 3.35. The van der Waals surface area contributed by atoms with Crippen molar-refractivity contribution in [1.82, 2.24) is 14.3 Å². The van der Waals surface area contributed by atoms with Gasteiger partial charge in [0.2, 0.25) is 0 Å². The third-order valence-electron chi connectivity index (χ3n) is 6.86. The van der Waals surface area contributed by atoms with E-state index in [0.717, 1.165) is 34.6 Å². The van der Waals surface area contributed by atoms with E-state index in [4.69, 9.17) is 16.6 Å². The quantitative estimate of drug-likeness (QED) is 0.396. The molecular formula is C29H28ClN5O2S. The lowest BCUT2D eigenvalue weighted by Gasteiger charge is -2.25. The molecule has 1 N–H and O–H groups in total. The van der Waals surface area contributed by atoms with Crippen LogP contribution in [-0.2, 0) is 11.3 Å². The molecule has 38 heavy (non-hydrogen) atoms. The van der Waals surface area contributed by atoms with E-state index >= 15 is 0 Å². The van der Waals surface area contributed by atoms with E-state index in [2.05, 4.69) is 10.4 Å². The summed E-state index contributed by atoms with van der Waals surface area (Å²) in [5.41, 5.74) is 5.99. The number of allylic oxidation sites excluding steroid dienone is 1. The van der Waals surface area contributed by atoms with E-state index in [9.17, 15) is 9.59 Å². The summed E-state index contributed by atoms with van der Waals surface area (Å²) in [6.45, 7) is 10.5. The number of amides is 1. The predicted octanol–water partition coefficient (Wildman–Crippen LogP) is 4.67. The number of rotatable bonds is 5. The Morgan fingerprint density at radius 1 is 1.11 bits per heavy atom. The lowest BCUT2D eigenvalue weighted by Crippen LogP contribution is -2.40. The van der Waals surface area contributed by atoms with Crippen molar-refractivity contribution in [3.63, 3.8) is 0 Å². The normalized spacial score (nSPS) is 15.4. The minimum atomic E-state index is -0.657. The number of carbonyl (C=O) groups excluding carboxylic acids is 1. The number of nitrogens with zero attached hydrogens (tertiary/aromatic N) is 4. The van der Waals surface area contributed by atoms with Crippen LogP contribution in [0.2, 0.25) is 5.02 Å². The molecule has 0 saturated heterocycles. The Balaban J connectivity index is 1.69. The van der Waals surface area contributed by atoms with Crippen molar-refractivity contribution in [3.8, 4) is 0 Å². The van der Waals surface area contributed by atoms with Crippen molar-refractivity contribution in [2.75, 3.05) is 5.32 Å². The van der Waals surface area contributed by atoms with Crippen LogP contribution in [-0.4, -0.2) is 20.3 Å². The third-order valence-corrected chi connectivity index (χ3v) is 8.09. The minimum absolute atomic E-state index is 0.203. The van der Waals surface area contributed by atoms with E-state index in [0.29, 0.717) is 31.3 Å². The van der Waals surface area contributed by atoms with Crippen LogP contribution < -0.4 is 20.2 Å². The largest absolute Gasteiger partial charge is 0.322 e. The van der Waals surface area contributed by atoms with Crippen molar-refractivity contribution in [2.45, 2.75) is 47.2 Å². The number of fused-ring (bicyclic) bond motifs is 1. The number of thiazole rings is 1. The highest BCUT2D eigenvalue weighted by atomic mass is 35.5. The molecule has 0 aliphatic carbocycles. The Bertz CT molecular complexity index is 1780. The van der Waals surface area contributed by atoms with Gasteiger partial charge in [0.25, 0.3) is 11.5 Å². The number of carbonyl (C=O) groups is 1. The molecule has 4 aromatic rings. The van der Waals surface area contributed by atoms with Gasteiger partial charge in [0, 0.05) is 28.5 Å². The maximum atomic E-state index is 13.9. The summed E-state index contributed by atoms with van der Waals surface area (Å²) in [5.74, 6) is -0.300. The van der Waals surface area contributed by atoms with Gasteiger partial charge in [-0.25, -0.2) is 4.99 Å². The zero-order valence-corrected chi connectivity index (χ0v) is 23.4. The second-order valence-electron chi connectivity index (χ2n) is 9.30. The van der Waals surface area contributed by atoms with Gasteiger partial charge in [0.05, 0.1) is 27.5 Å². The first-order valence-electron chi connectivity index (χ1n) is 12.4. The summed E-state index contributed by atoms with van der Waals surface area (Å²) >= 11 is 7.50. The summed E-state index contributed by atoms with van der Waals surface area (Å²) in [7, 11) is 0. The highest BCUT2D eigenvalue weighted by Crippen LogP contribution is 2.31. The van der Waals surface area contributed by atoms with Crippen LogP contribution in [0.5, 0.6) is 0 Å². The molecule has 1 amide bonds. The maximum Gasteiger partial charge on any atom is 0.271 e. The molecule has 0 spiro atoms. The lowest BCUT2D eigenvalue weighted by molar-refractivity contribution is -0.113. The Morgan fingerprint density at radius 3 is 2.47 bits per heavy atom. The van der Waals surface area contributed by atoms with Gasteiger partial charge in [-0.1, -0.05) is 53.3 Å². The highest BCUT2D eigenvalue weighted by Gasteiger charge is 2.32. The molecule has 0 saturated carbocycles. The standard InChI is InChI=1S/C29H28ClN5O2S/c1-6-34-19(5)22(17(3)33-34)15-24-28(37)35-26(20-11-13-21(30)14-12-20)25(18(4)31-29(35)38-24)27(36)32-23-10-8-7-9-16(23)2/h7-15,26H,6H2,1-5H3,(H,32,36)/b24-15-/t26-/m0/s1. The van der Waals surface area contributed by atoms with E-state index in [1.54, 1.807) is 16.7 Å². The molecule has 1 aliphatic heterocycles. The number of hydrogen-bond donors (Lipinski definition) is 1. The third kappa shape index (κ3) is 4.54. The number of hydrogen-bond acceptors (Lipinski definition) is 5. The molecule has 0 radical (unpaired) electrons. The SMILES string of the molecule is CCn1nc(C)c(/C=c2\sc3n(c2=O)[C@@H](c2ccc(Cl)cc2)C(C(=O)Nc2ccccc2C)=C(C)N=3)c1C. The van der Waals surface area contributed by atoms with Gasteiger partial charge in [0.1, 0.15) is 0 Å². The molecule has 194 valence electrons. The van der Waals surface area contributed by atoms with Gasteiger partial charge in [-0.3, -0.25) is 18.8 Å². The molecular weight excluding hydrogens is 518 g/mol. The van der Waals surface area contributed by atoms with E-state index in [1.165, 1.54) is 11.3 Å². The number of nitrogens with one attached hydrogen (secondary N) is 1. The van der Waals surface area contributed by atoms with Gasteiger partial charge in [-0.2, -0.15) is 5.10 Å². The van der Waals surface area contributed by atoms with Crippen LogP contribution >= 0.6 is 22.9 Å². The first kappa shape index (κ1) is 25.9. The van der Waals surface area contributed by atoms with Crippen molar-refractivity contribution in [1.29, 1.82) is 0 Å². The summed E-state index contributed by atoms with van der Waals surface area (Å²) in [6.07, 6.45) is 1.89. The van der Waals surface area contributed by atoms with Crippen LogP contribution in [0, 0.1) is 20.8 Å². The second-order valence-corrected chi connectivity index (χ2v) is 10.7. The van der Waals surface area contributed by atoms with Crippen LogP contribution in [0.1, 0.15) is 48.0 Å². The van der Waals surface area contributed by atoms with Gasteiger partial charge in [-0.05, 0) is 70.0 Å². The number of aryl methyl sites for hydroxylation is 3. The van der Waals surface area contributed by atoms with Gasteiger partial charge < -0.3 is 5.32 Å². The molecule has 3 heterocycles. The second kappa shape index (κ2) is 10.2. The Hall–Kier alpha value is -3.75. The lowest BCUT2D eigenvalue weighted by atomic mass is 9.95.